The number of hydrogen-bond donors (Lipinski definition) is 4. The average molecular weight is 294 g/mol. The maximum atomic E-state index is 10.9. The van der Waals surface area contributed by atoms with Crippen LogP contribution in [-0.4, -0.2) is 34.7 Å². The molecule has 0 aliphatic rings. The van der Waals surface area contributed by atoms with Gasteiger partial charge in [0.05, 0.1) is 6.10 Å². The van der Waals surface area contributed by atoms with Gasteiger partial charge in [0.15, 0.2) is 0 Å². The Balaban J connectivity index is 2.75. The molecule has 4 N–H and O–H groups in total. The summed E-state index contributed by atoms with van der Waals surface area (Å²) in [5.74, 6) is -1.04. The first-order valence-corrected chi connectivity index (χ1v) is 6.94. The fourth-order valence-corrected chi connectivity index (χ4v) is 2.11. The molecule has 0 heterocycles. The fraction of sp³-hybridized carbons (Fsp3) is 0.467. The first kappa shape index (κ1) is 17.1. The van der Waals surface area contributed by atoms with Crippen molar-refractivity contribution in [3.63, 3.8) is 0 Å². The minimum Gasteiger partial charge on any atom is -0.481 e. The van der Waals surface area contributed by atoms with Crippen molar-refractivity contribution in [3.8, 4) is 0 Å². The third-order valence-electron chi connectivity index (χ3n) is 3.09. The van der Waals surface area contributed by atoms with Crippen LogP contribution in [0, 0.1) is 0 Å². The number of rotatable bonds is 8. The Morgan fingerprint density at radius 1 is 1.24 bits per heavy atom. The van der Waals surface area contributed by atoms with Crippen LogP contribution in [0.4, 0.5) is 5.69 Å². The molecule has 0 aliphatic heterocycles. The van der Waals surface area contributed by atoms with E-state index in [1.54, 1.807) is 24.3 Å². The molecule has 0 aliphatic carbocycles. The van der Waals surface area contributed by atoms with Crippen LogP contribution in [0.3, 0.4) is 0 Å². The van der Waals surface area contributed by atoms with Crippen LogP contribution in [0.5, 0.6) is 0 Å². The molecule has 1 aromatic rings. The lowest BCUT2D eigenvalue weighted by molar-refractivity contribution is -0.137. The Morgan fingerprint density at radius 3 is 2.33 bits per heavy atom. The molecule has 1 aromatic carbocycles. The lowest BCUT2D eigenvalue weighted by atomic mass is 9.98. The fourth-order valence-electron chi connectivity index (χ4n) is 2.11. The van der Waals surface area contributed by atoms with E-state index in [1.807, 2.05) is 6.92 Å². The Labute approximate surface area is 124 Å². The zero-order chi connectivity index (χ0) is 15.8. The summed E-state index contributed by atoms with van der Waals surface area (Å²) in [7, 11) is 0. The number of carbonyl (C=O) groups is 2. The lowest BCUT2D eigenvalue weighted by Gasteiger charge is -2.23. The molecule has 6 heteroatoms. The zero-order valence-electron chi connectivity index (χ0n) is 12.3. The highest BCUT2D eigenvalue weighted by Gasteiger charge is 2.20. The standard InChI is InChI=1S/C15H22N2O4/c1-3-16-13(8-9-14(19)20)15(21)11-4-6-12(7-5-11)17-10(2)18/h4-7,13,15-16,21H,3,8-9H2,1-2H3,(H,17,18)(H,19,20). The van der Waals surface area contributed by atoms with E-state index in [-0.39, 0.29) is 18.4 Å². The first-order valence-electron chi connectivity index (χ1n) is 6.94. The van der Waals surface area contributed by atoms with Crippen molar-refractivity contribution >= 4 is 17.6 Å². The summed E-state index contributed by atoms with van der Waals surface area (Å²) >= 11 is 0. The molecule has 0 bridgehead atoms. The maximum absolute atomic E-state index is 10.9. The number of aliphatic hydroxyl groups is 1. The molecule has 2 unspecified atom stereocenters. The number of likely N-dealkylation sites (N-methyl/N-ethyl adjacent to an activating group) is 1. The van der Waals surface area contributed by atoms with Crippen LogP contribution in [0.25, 0.3) is 0 Å². The molecule has 1 amide bonds. The third-order valence-corrected chi connectivity index (χ3v) is 3.09. The molecule has 116 valence electrons. The summed E-state index contributed by atoms with van der Waals surface area (Å²) in [5.41, 5.74) is 1.34. The smallest absolute Gasteiger partial charge is 0.303 e. The van der Waals surface area contributed by atoms with Crippen molar-refractivity contribution in [2.75, 3.05) is 11.9 Å². The number of aliphatic hydroxyl groups excluding tert-OH is 1. The summed E-state index contributed by atoms with van der Waals surface area (Å²) in [6.45, 7) is 3.97. The minimum atomic E-state index is -0.883. The number of aliphatic carboxylic acids is 1. The van der Waals surface area contributed by atoms with Crippen molar-refractivity contribution in [2.24, 2.45) is 0 Å². The van der Waals surface area contributed by atoms with Gasteiger partial charge in [0.1, 0.15) is 0 Å². The van der Waals surface area contributed by atoms with Crippen molar-refractivity contribution in [3.05, 3.63) is 29.8 Å². The van der Waals surface area contributed by atoms with Gasteiger partial charge >= 0.3 is 5.97 Å². The number of benzene rings is 1. The van der Waals surface area contributed by atoms with E-state index in [4.69, 9.17) is 5.11 Å². The van der Waals surface area contributed by atoms with Crippen LogP contribution in [0.1, 0.15) is 38.4 Å². The molecule has 0 fully saturated rings. The molecular weight excluding hydrogens is 272 g/mol. The highest BCUT2D eigenvalue weighted by atomic mass is 16.4. The molecule has 0 saturated carbocycles. The third kappa shape index (κ3) is 5.93. The van der Waals surface area contributed by atoms with Crippen molar-refractivity contribution in [1.82, 2.24) is 5.32 Å². The molecule has 0 spiro atoms. The molecular formula is C15H22N2O4. The van der Waals surface area contributed by atoms with E-state index in [2.05, 4.69) is 10.6 Å². The summed E-state index contributed by atoms with van der Waals surface area (Å²) in [6.07, 6.45) is -0.452. The number of carboxylic acids is 1. The Morgan fingerprint density at radius 2 is 1.86 bits per heavy atom. The van der Waals surface area contributed by atoms with Gasteiger partial charge in [-0.3, -0.25) is 9.59 Å². The van der Waals surface area contributed by atoms with Gasteiger partial charge in [0, 0.05) is 25.1 Å². The highest BCUT2D eigenvalue weighted by Crippen LogP contribution is 2.22. The molecule has 0 saturated heterocycles. The SMILES string of the molecule is CCNC(CCC(=O)O)C(O)c1ccc(NC(C)=O)cc1. The van der Waals surface area contributed by atoms with Crippen molar-refractivity contribution in [1.29, 1.82) is 0 Å². The molecule has 0 aromatic heterocycles. The van der Waals surface area contributed by atoms with Crippen LogP contribution < -0.4 is 10.6 Å². The van der Waals surface area contributed by atoms with E-state index in [1.165, 1.54) is 6.92 Å². The minimum absolute atomic E-state index is 0.00129. The normalized spacial score (nSPS) is 13.5. The van der Waals surface area contributed by atoms with Crippen LogP contribution in [0.15, 0.2) is 24.3 Å². The van der Waals surface area contributed by atoms with Gasteiger partial charge in [0.25, 0.3) is 0 Å². The van der Waals surface area contributed by atoms with Crippen molar-refractivity contribution < 1.29 is 19.8 Å². The second-order valence-electron chi connectivity index (χ2n) is 4.84. The second kappa shape index (κ2) is 8.39. The second-order valence-corrected chi connectivity index (χ2v) is 4.84. The first-order chi connectivity index (χ1) is 9.93. The Hall–Kier alpha value is -1.92. The van der Waals surface area contributed by atoms with Gasteiger partial charge in [-0.25, -0.2) is 0 Å². The maximum Gasteiger partial charge on any atom is 0.303 e. The van der Waals surface area contributed by atoms with Gasteiger partial charge in [-0.2, -0.15) is 0 Å². The summed E-state index contributed by atoms with van der Waals surface area (Å²) < 4.78 is 0. The summed E-state index contributed by atoms with van der Waals surface area (Å²) in [4.78, 5) is 21.6. The molecule has 0 radical (unpaired) electrons. The van der Waals surface area contributed by atoms with E-state index in [9.17, 15) is 14.7 Å². The number of carboxylic acid groups (broad SMARTS) is 1. The number of anilines is 1. The van der Waals surface area contributed by atoms with Crippen molar-refractivity contribution in [2.45, 2.75) is 38.8 Å². The quantitative estimate of drug-likeness (QED) is 0.582. The van der Waals surface area contributed by atoms with Gasteiger partial charge in [-0.15, -0.1) is 0 Å². The van der Waals surface area contributed by atoms with Gasteiger partial charge in [0.2, 0.25) is 5.91 Å². The van der Waals surface area contributed by atoms with Gasteiger partial charge in [-0.1, -0.05) is 19.1 Å². The lowest BCUT2D eigenvalue weighted by Crippen LogP contribution is -2.35. The Bertz CT molecular complexity index is 473. The van der Waals surface area contributed by atoms with Gasteiger partial charge < -0.3 is 20.8 Å². The van der Waals surface area contributed by atoms with Crippen LogP contribution in [-0.2, 0) is 9.59 Å². The molecule has 21 heavy (non-hydrogen) atoms. The van der Waals surface area contributed by atoms with E-state index in [0.717, 1.165) is 0 Å². The molecule has 2 atom stereocenters. The number of hydrogen-bond acceptors (Lipinski definition) is 4. The zero-order valence-corrected chi connectivity index (χ0v) is 12.3. The van der Waals surface area contributed by atoms with Crippen LogP contribution >= 0.6 is 0 Å². The van der Waals surface area contributed by atoms with Crippen LogP contribution in [0.2, 0.25) is 0 Å². The van der Waals surface area contributed by atoms with E-state index < -0.39 is 12.1 Å². The summed E-state index contributed by atoms with van der Waals surface area (Å²) in [6, 6.07) is 6.54. The highest BCUT2D eigenvalue weighted by molar-refractivity contribution is 5.88. The number of amides is 1. The molecule has 6 nitrogen and oxygen atoms in total. The number of carbonyl (C=O) groups excluding carboxylic acids is 1. The predicted molar refractivity (Wildman–Crippen MR) is 80.0 cm³/mol. The van der Waals surface area contributed by atoms with E-state index in [0.29, 0.717) is 24.2 Å². The average Bonchev–Trinajstić information content (AvgIpc) is 2.42. The predicted octanol–water partition coefficient (Wildman–Crippen LogP) is 1.52. The summed E-state index contributed by atoms with van der Waals surface area (Å²) in [5, 5.41) is 24.9. The largest absolute Gasteiger partial charge is 0.481 e. The number of nitrogens with one attached hydrogen (secondary N) is 2. The van der Waals surface area contributed by atoms with E-state index >= 15 is 0 Å². The monoisotopic (exact) mass is 294 g/mol. The Kier molecular flexibility index (Phi) is 6.84. The topological polar surface area (TPSA) is 98.7 Å². The van der Waals surface area contributed by atoms with Gasteiger partial charge in [-0.05, 0) is 30.7 Å². The molecule has 1 rings (SSSR count).